The van der Waals surface area contributed by atoms with Gasteiger partial charge in [-0.1, -0.05) is 32.0 Å². The number of likely N-dealkylation sites (tertiary alicyclic amines) is 1. The highest BCUT2D eigenvalue weighted by Gasteiger charge is 2.51. The number of sulfonamides is 1. The molecule has 6 aliphatic rings. The highest BCUT2D eigenvalue weighted by atomic mass is 32.2. The molecule has 4 aliphatic heterocycles. The van der Waals surface area contributed by atoms with Crippen molar-refractivity contribution in [2.24, 2.45) is 16.7 Å². The van der Waals surface area contributed by atoms with Crippen LogP contribution in [0.5, 0.6) is 11.6 Å². The second-order valence-corrected chi connectivity index (χ2v) is 25.4. The van der Waals surface area contributed by atoms with E-state index >= 15 is 0 Å². The van der Waals surface area contributed by atoms with Crippen LogP contribution in [0.1, 0.15) is 127 Å². The molecule has 4 N–H and O–H groups in total. The fourth-order valence-corrected chi connectivity index (χ4v) is 14.1. The van der Waals surface area contributed by atoms with Crippen molar-refractivity contribution >= 4 is 55.4 Å². The fraction of sp³-hybridized carbons (Fsp3) is 0.544. The summed E-state index contributed by atoms with van der Waals surface area (Å²) in [6.07, 6.45) is 11.4. The molecule has 3 aromatic carbocycles. The summed E-state index contributed by atoms with van der Waals surface area (Å²) in [6, 6.07) is 22.3. The van der Waals surface area contributed by atoms with Gasteiger partial charge in [-0.05, 0) is 157 Å². The molecule has 1 amide bonds. The van der Waals surface area contributed by atoms with Gasteiger partial charge in [-0.3, -0.25) is 19.8 Å². The van der Waals surface area contributed by atoms with E-state index in [9.17, 15) is 28.4 Å². The summed E-state index contributed by atoms with van der Waals surface area (Å²) in [5.74, 6) is 0.675. The molecule has 2 aliphatic carbocycles. The third-order valence-electron chi connectivity index (χ3n) is 17.3. The first-order valence-corrected chi connectivity index (χ1v) is 28.6. The van der Waals surface area contributed by atoms with Gasteiger partial charge in [-0.2, -0.15) is 4.98 Å². The normalized spacial score (nSPS) is 26.5. The van der Waals surface area contributed by atoms with Crippen LogP contribution in [0.4, 0.5) is 28.4 Å². The van der Waals surface area contributed by atoms with Gasteiger partial charge in [0.2, 0.25) is 5.88 Å². The van der Waals surface area contributed by atoms with Gasteiger partial charge < -0.3 is 39.4 Å². The molecule has 2 aromatic heterocycles. The zero-order valence-electron chi connectivity index (χ0n) is 43.8. The van der Waals surface area contributed by atoms with Crippen LogP contribution in [-0.4, -0.2) is 109 Å². The lowest BCUT2D eigenvalue weighted by molar-refractivity contribution is -0.384. The van der Waals surface area contributed by atoms with E-state index in [-0.39, 0.29) is 40.1 Å². The minimum Gasteiger partial charge on any atom is -0.491 e. The molecule has 6 heterocycles. The molecule has 5 aromatic rings. The maximum Gasteiger partial charge on any atom is 0.293 e. The Morgan fingerprint density at radius 3 is 2.49 bits per heavy atom. The van der Waals surface area contributed by atoms with E-state index in [1.165, 1.54) is 17.7 Å². The number of aromatic amines is 1. The molecule has 1 spiro atoms. The van der Waals surface area contributed by atoms with Crippen LogP contribution in [0.2, 0.25) is 0 Å². The van der Waals surface area contributed by atoms with Crippen LogP contribution in [0.15, 0.2) is 83.9 Å². The third-order valence-corrected chi connectivity index (χ3v) is 18.6. The van der Waals surface area contributed by atoms with Crippen LogP contribution >= 0.6 is 0 Å². The van der Waals surface area contributed by atoms with Gasteiger partial charge in [0.05, 0.1) is 45.4 Å². The largest absolute Gasteiger partial charge is 0.491 e. The molecule has 3 saturated heterocycles. The Labute approximate surface area is 439 Å². The summed E-state index contributed by atoms with van der Waals surface area (Å²) in [5.41, 5.74) is 3.60. The molecule has 0 radical (unpaired) electrons. The second kappa shape index (κ2) is 19.9. The van der Waals surface area contributed by atoms with Gasteiger partial charge in [-0.25, -0.2) is 13.1 Å². The number of nitro benzene ring substituents is 1. The van der Waals surface area contributed by atoms with E-state index in [1.54, 1.807) is 6.07 Å². The van der Waals surface area contributed by atoms with Crippen LogP contribution in [0.3, 0.4) is 0 Å². The summed E-state index contributed by atoms with van der Waals surface area (Å²) in [6.45, 7) is 14.7. The predicted octanol–water partition coefficient (Wildman–Crippen LogP) is 10.0. The number of hydrogen-bond donors (Lipinski definition) is 4. The van der Waals surface area contributed by atoms with Gasteiger partial charge in [0.15, 0.2) is 0 Å². The maximum atomic E-state index is 14.8. The van der Waals surface area contributed by atoms with Crippen LogP contribution in [0, 0.1) is 26.9 Å². The first-order valence-electron chi connectivity index (χ1n) is 27.1. The highest BCUT2D eigenvalue weighted by Crippen LogP contribution is 2.56. The van der Waals surface area contributed by atoms with Crippen molar-refractivity contribution in [3.05, 3.63) is 100 Å². The Hall–Kier alpha value is -5.95. The smallest absolute Gasteiger partial charge is 0.293 e. The Kier molecular flexibility index (Phi) is 13.6. The van der Waals surface area contributed by atoms with Crippen LogP contribution < -0.4 is 29.3 Å². The highest BCUT2D eigenvalue weighted by molar-refractivity contribution is 7.90. The van der Waals surface area contributed by atoms with Crippen molar-refractivity contribution < 1.29 is 37.5 Å². The molecular formula is C57H72N8O9S. The first kappa shape index (κ1) is 51.2. The van der Waals surface area contributed by atoms with Crippen LogP contribution in [-0.2, 0) is 14.8 Å². The number of nitrogens with one attached hydrogen (secondary N) is 3. The summed E-state index contributed by atoms with van der Waals surface area (Å²) in [5, 5.41) is 26.8. The number of ether oxygens (including phenoxy) is 3. The summed E-state index contributed by atoms with van der Waals surface area (Å²) in [4.78, 5) is 41.4. The lowest BCUT2D eigenvalue weighted by Gasteiger charge is -2.59. The number of amides is 1. The van der Waals surface area contributed by atoms with Crippen molar-refractivity contribution in [1.82, 2.24) is 19.6 Å². The topological polar surface area (TPSA) is 205 Å². The number of aromatic nitrogens is 2. The first-order chi connectivity index (χ1) is 35.8. The predicted molar refractivity (Wildman–Crippen MR) is 289 cm³/mol. The number of pyridine rings is 1. The van der Waals surface area contributed by atoms with Crippen molar-refractivity contribution in [2.75, 3.05) is 54.5 Å². The number of nitro groups is 1. The van der Waals surface area contributed by atoms with E-state index in [1.807, 2.05) is 37.4 Å². The van der Waals surface area contributed by atoms with E-state index in [0.29, 0.717) is 74.0 Å². The molecule has 18 heteroatoms. The van der Waals surface area contributed by atoms with E-state index in [0.717, 1.165) is 93.9 Å². The van der Waals surface area contributed by atoms with E-state index in [2.05, 4.69) is 81.7 Å². The Morgan fingerprint density at radius 2 is 1.73 bits per heavy atom. The lowest BCUT2D eigenvalue weighted by Crippen LogP contribution is -2.58. The van der Waals surface area contributed by atoms with E-state index < -0.39 is 43.1 Å². The van der Waals surface area contributed by atoms with Gasteiger partial charge in [0, 0.05) is 73.8 Å². The number of piperidine rings is 2. The lowest BCUT2D eigenvalue weighted by atomic mass is 9.59. The Morgan fingerprint density at radius 1 is 0.960 bits per heavy atom. The number of para-hydroxylation sites is 1. The number of aliphatic hydroxyl groups is 1. The molecule has 0 bridgehead atoms. The molecule has 17 nitrogen and oxygen atoms in total. The van der Waals surface area contributed by atoms with Crippen molar-refractivity contribution in [2.45, 2.75) is 146 Å². The average Bonchev–Trinajstić information content (AvgIpc) is 3.86. The van der Waals surface area contributed by atoms with Gasteiger partial charge >= 0.3 is 0 Å². The molecule has 2 saturated carbocycles. The van der Waals surface area contributed by atoms with Gasteiger partial charge in [0.25, 0.3) is 21.6 Å². The zero-order valence-corrected chi connectivity index (χ0v) is 44.7. The standard InChI is InChI=1S/C57H72N8O9S/c1-36(2)73-50-9-7-6-8-42(50)45-16-19-55(3,4)35-63(45)40-31-57(32-40)22-25-62(26-23-57)39-10-12-43(47(29-39)64-46-18-27-72-34-51(46)74-54-49(64)28-38-17-24-58-52(38)60-54)53(66)61-75(70,71)41-11-13-44(48(30-41)65(68)69)59-33-37-14-20-56(5,67)21-15-37/h6-13,17,24,28-30,36-37,40,45-46,51,59,67H,14-16,18-23,25-27,31-35H2,1-5H3,(H,58,60)(H,61,66)/t37?,45-,46-,51-,56?/m0/s1. The van der Waals surface area contributed by atoms with Crippen molar-refractivity contribution in [1.29, 1.82) is 0 Å². The van der Waals surface area contributed by atoms with Gasteiger partial charge in [0.1, 0.15) is 28.9 Å². The summed E-state index contributed by atoms with van der Waals surface area (Å²) < 4.78 is 49.6. The van der Waals surface area contributed by atoms with E-state index in [4.69, 9.17) is 19.2 Å². The van der Waals surface area contributed by atoms with Crippen molar-refractivity contribution in [3.63, 3.8) is 0 Å². The van der Waals surface area contributed by atoms with Crippen LogP contribution in [0.25, 0.3) is 11.0 Å². The molecule has 400 valence electrons. The molecule has 75 heavy (non-hydrogen) atoms. The number of carbonyl (C=O) groups excluding carboxylic acids is 1. The molecule has 0 unspecified atom stereocenters. The average molecular weight is 1050 g/mol. The minimum atomic E-state index is -4.63. The summed E-state index contributed by atoms with van der Waals surface area (Å²) >= 11 is 0. The molecule has 5 fully saturated rings. The Bertz CT molecular complexity index is 3060. The summed E-state index contributed by atoms with van der Waals surface area (Å²) in [7, 11) is -4.63. The number of H-pyrrole nitrogens is 1. The third kappa shape index (κ3) is 10.4. The quantitative estimate of drug-likeness (QED) is 0.0640. The monoisotopic (exact) mass is 1040 g/mol. The second-order valence-electron chi connectivity index (χ2n) is 23.7. The SMILES string of the molecule is CC(C)Oc1ccccc1[C@@H]1CCC(C)(C)CN1C1CC2(CCN(c3ccc(C(=O)NS(=O)(=O)c4ccc(NCC5CCC(C)(O)CC5)c([N+](=O)[O-])c4)c(N4c5cc6cc[nH]c6nc5O[C@H]5COCC[C@@H]54)c3)CC2)C1. The number of benzene rings is 3. The van der Waals surface area contributed by atoms with Gasteiger partial charge in [-0.15, -0.1) is 0 Å². The zero-order chi connectivity index (χ0) is 52.4. The number of anilines is 4. The maximum absolute atomic E-state index is 14.8. The number of rotatable bonds is 13. The molecule has 11 rings (SSSR count). The fourth-order valence-electron chi connectivity index (χ4n) is 13.1. The molecule has 3 atom stereocenters. The number of nitrogens with zero attached hydrogens (tertiary/aromatic N) is 5. The number of fused-ring (bicyclic) bond motifs is 3. The minimum absolute atomic E-state index is 0.0946. The molecular weight excluding hydrogens is 973 g/mol. The van der Waals surface area contributed by atoms with Crippen molar-refractivity contribution in [3.8, 4) is 11.6 Å². The number of hydrogen-bond acceptors (Lipinski definition) is 14. The number of carbonyl (C=O) groups is 1. The Balaban J connectivity index is 0.864.